The second-order valence-corrected chi connectivity index (χ2v) is 24.9. The van der Waals surface area contributed by atoms with Crippen LogP contribution < -0.4 is 40.9 Å². The first kappa shape index (κ1) is 138. The zero-order chi connectivity index (χ0) is 104. The summed E-state index contributed by atoms with van der Waals surface area (Å²) in [6.07, 6.45) is -27.0. The number of carboxylic acid groups (broad SMARTS) is 8. The molecule has 4 aliphatic rings. The van der Waals surface area contributed by atoms with E-state index in [-0.39, 0.29) is 77.9 Å². The molecule has 0 aliphatic carbocycles. The van der Waals surface area contributed by atoms with Crippen LogP contribution >= 0.6 is 0 Å². The molecule has 0 unspecified atom stereocenters. The van der Waals surface area contributed by atoms with Gasteiger partial charge in [-0.2, -0.15) is 105 Å². The van der Waals surface area contributed by atoms with E-state index in [0.29, 0.717) is 48.5 Å². The van der Waals surface area contributed by atoms with Crippen molar-refractivity contribution in [3.8, 4) is 0 Å². The molecule has 0 aromatic heterocycles. The summed E-state index contributed by atoms with van der Waals surface area (Å²) in [6.45, 7) is 8.00. The number of aromatic carboxylic acids is 8. The van der Waals surface area contributed by atoms with Crippen molar-refractivity contribution in [2.24, 2.45) is 0 Å². The van der Waals surface area contributed by atoms with Crippen molar-refractivity contribution in [1.29, 1.82) is 0 Å². The maximum Gasteiger partial charge on any atom is 3.00 e. The molecule has 2 radical (unpaired) electrons. The molecule has 0 atom stereocenters. The molecule has 0 amide bonds. The number of carbonyl (C=O) groups excluding carboxylic acids is 8. The van der Waals surface area contributed by atoms with E-state index in [9.17, 15) is 219 Å². The van der Waals surface area contributed by atoms with Crippen LogP contribution in [0, 0.1) is 0 Å². The molecular formula is C80H64B2F32O20Ru4. The van der Waals surface area contributed by atoms with Crippen molar-refractivity contribution >= 4 is 62.3 Å². The average Bonchev–Trinajstić information content (AvgIpc) is 1.22. The first-order valence-corrected chi connectivity index (χ1v) is 36.5. The normalized spacial score (nSPS) is 12.9. The Labute approximate surface area is 810 Å². The van der Waals surface area contributed by atoms with Gasteiger partial charge in [-0.3, -0.25) is 0 Å². The van der Waals surface area contributed by atoms with Crippen molar-refractivity contribution in [1.82, 2.24) is 0 Å². The number of alkyl halides is 24. The molecule has 0 N–H and O–H groups in total. The molecule has 20 nitrogen and oxygen atoms in total. The minimum Gasteiger partial charge on any atom is -0.545 e. The van der Waals surface area contributed by atoms with Gasteiger partial charge in [-0.05, 0) is 99.9 Å². The minimum atomic E-state index is -6.00. The Morgan fingerprint density at radius 2 is 0.261 bits per heavy atom. The van der Waals surface area contributed by atoms with Gasteiger partial charge in [0.25, 0.3) is 0 Å². The third-order valence-corrected chi connectivity index (χ3v) is 14.9. The quantitative estimate of drug-likeness (QED) is 0.101. The predicted octanol–water partition coefficient (Wildman–Crippen LogP) is 14.3. The Morgan fingerprint density at radius 1 is 0.188 bits per heavy atom. The van der Waals surface area contributed by atoms with E-state index in [1.807, 2.05) is 0 Å². The molecule has 4 saturated heterocycles. The largest absolute Gasteiger partial charge is 3.00 e. The van der Waals surface area contributed by atoms with Crippen LogP contribution in [0.1, 0.15) is 179 Å². The van der Waals surface area contributed by atoms with Gasteiger partial charge in [0.1, 0.15) is 0 Å². The van der Waals surface area contributed by atoms with Crippen molar-refractivity contribution in [2.75, 3.05) is 52.9 Å². The summed E-state index contributed by atoms with van der Waals surface area (Å²) < 4.78 is 389. The van der Waals surface area contributed by atoms with E-state index < -0.39 is 201 Å². The topological polar surface area (TPSA) is 358 Å². The maximum absolute atomic E-state index is 12.1. The number of halogens is 32. The molecule has 0 spiro atoms. The average molecular weight is 2380 g/mol. The van der Waals surface area contributed by atoms with E-state index in [1.54, 1.807) is 0 Å². The number of benzene rings is 8. The third kappa shape index (κ3) is 61.9. The van der Waals surface area contributed by atoms with Gasteiger partial charge in [-0.25, -0.2) is 0 Å². The molecular weight excluding hydrogens is 2310 g/mol. The number of carbonyl (C=O) groups is 8. The van der Waals surface area contributed by atoms with Crippen molar-refractivity contribution in [3.63, 3.8) is 0 Å². The smallest absolute Gasteiger partial charge is 0.545 e. The van der Waals surface area contributed by atoms with Gasteiger partial charge in [0.15, 0.2) is 0 Å². The number of hydrogen-bond donors (Lipinski definition) is 0. The van der Waals surface area contributed by atoms with Crippen LogP contribution in [0.5, 0.6) is 0 Å². The molecule has 0 saturated carbocycles. The van der Waals surface area contributed by atoms with E-state index in [1.165, 1.54) is 99.9 Å². The fourth-order valence-electron chi connectivity index (χ4n) is 9.31. The van der Waals surface area contributed by atoms with Gasteiger partial charge >= 0.3 is 142 Å². The second kappa shape index (κ2) is 66.4. The van der Waals surface area contributed by atoms with E-state index >= 15 is 0 Å². The van der Waals surface area contributed by atoms with Crippen LogP contribution in [-0.2, 0) is 146 Å². The van der Waals surface area contributed by atoms with E-state index in [0.717, 1.165) is 150 Å². The Morgan fingerprint density at radius 3 is 0.304 bits per heavy atom. The standard InChI is InChI=1S/8C8H5F3O2.4C4H8O.2BF4.4Ru/c8*9-8(10,11)6-4-2-1-3-5(6)7(12)13;4*1-2-4-5-3-1;2*2-1(3,4)5;;;;/h8*1-4H,(H,12,13);4*1-4H2;;;;;;/q;;;;;;;;;;;;2*-1;2*+2;2*+3/p-8. The van der Waals surface area contributed by atoms with Crippen molar-refractivity contribution in [2.45, 2.75) is 101 Å². The number of carboxylic acids is 8. The maximum atomic E-state index is 12.1. The molecule has 4 fully saturated rings. The number of rotatable bonds is 8. The molecule has 138 heavy (non-hydrogen) atoms. The van der Waals surface area contributed by atoms with Crippen LogP contribution in [0.2, 0.25) is 0 Å². The fraction of sp³-hybridized carbons (Fsp3) is 0.300. The Balaban J connectivity index is -0.000000344. The Bertz CT molecular complexity index is 4020. The van der Waals surface area contributed by atoms with Gasteiger partial charge in [0, 0.05) is 97.4 Å². The molecule has 766 valence electrons. The summed E-state index contributed by atoms with van der Waals surface area (Å²) in [5.41, 5.74) is -16.2. The summed E-state index contributed by atoms with van der Waals surface area (Å²) in [7, 11) is -12.0. The van der Waals surface area contributed by atoms with Crippen LogP contribution in [0.25, 0.3) is 0 Å². The van der Waals surface area contributed by atoms with Crippen LogP contribution in [0.15, 0.2) is 194 Å². The van der Waals surface area contributed by atoms with Gasteiger partial charge in [0.2, 0.25) is 0 Å². The zero-order valence-corrected chi connectivity index (χ0v) is 75.6. The van der Waals surface area contributed by atoms with E-state index in [2.05, 4.69) is 0 Å². The zero-order valence-electron chi connectivity index (χ0n) is 68.6. The third-order valence-electron chi connectivity index (χ3n) is 14.9. The van der Waals surface area contributed by atoms with E-state index in [4.69, 9.17) is 18.9 Å². The monoisotopic (exact) mass is 2380 g/mol. The van der Waals surface area contributed by atoms with Gasteiger partial charge < -0.3 is 133 Å². The minimum absolute atomic E-state index is 0. The molecule has 0 bridgehead atoms. The molecule has 8 aromatic carbocycles. The SMILES string of the molecule is C1CCOC1.C1CCOC1.C1CCOC1.C1CCOC1.F[B-](F)(F)F.F[B-](F)(F)F.O=C([O-])c1ccccc1C(F)(F)F.O=C([O-])c1ccccc1C(F)(F)F.O=C([O-])c1ccccc1C(F)(F)F.O=C([O-])c1ccccc1C(F)(F)F.O=C([O-])c1ccccc1C(F)(F)F.O=C([O-])c1ccccc1C(F)(F)F.O=C([O-])c1ccccc1C(F)(F)F.O=C([O-])c1ccccc1C(F)(F)F.[Ru+2].[Ru+2].[Ru+3].[Ru+3]. The fourth-order valence-corrected chi connectivity index (χ4v) is 9.31. The summed E-state index contributed by atoms with van der Waals surface area (Å²) in [5, 5.41) is 82.1. The molecule has 4 heterocycles. The van der Waals surface area contributed by atoms with Crippen LogP contribution in [0.3, 0.4) is 0 Å². The second-order valence-electron chi connectivity index (χ2n) is 24.9. The molecule has 4 aliphatic heterocycles. The molecule has 8 aromatic rings. The summed E-state index contributed by atoms with van der Waals surface area (Å²) in [4.78, 5) is 82.1. The Kier molecular flexibility index (Phi) is 66.6. The van der Waals surface area contributed by atoms with Gasteiger partial charge in [-0.15, -0.1) is 0 Å². The van der Waals surface area contributed by atoms with Crippen LogP contribution in [-0.4, -0.2) is 115 Å². The Hall–Kier alpha value is -10.3. The number of ether oxygens (including phenoxy) is 4. The molecule has 58 heteroatoms. The van der Waals surface area contributed by atoms with Gasteiger partial charge in [-0.1, -0.05) is 146 Å². The van der Waals surface area contributed by atoms with Crippen LogP contribution in [0.4, 0.5) is 140 Å². The van der Waals surface area contributed by atoms with Gasteiger partial charge in [0.05, 0.1) is 92.3 Å². The molecule has 12 rings (SSSR count). The summed E-state index contributed by atoms with van der Waals surface area (Å²) in [6, 6.07) is 31.1. The summed E-state index contributed by atoms with van der Waals surface area (Å²) >= 11 is 0. The predicted molar refractivity (Wildman–Crippen MR) is 387 cm³/mol. The van der Waals surface area contributed by atoms with Crippen molar-refractivity contribution in [3.05, 3.63) is 283 Å². The number of hydrogen-bond acceptors (Lipinski definition) is 20. The first-order chi connectivity index (χ1) is 61.4. The summed E-state index contributed by atoms with van der Waals surface area (Å²) in [5.74, 6) is -14.6. The first-order valence-electron chi connectivity index (χ1n) is 36.5. The van der Waals surface area contributed by atoms with Crippen molar-refractivity contribution < 1.29 is 316 Å².